The van der Waals surface area contributed by atoms with Crippen LogP contribution in [-0.2, 0) is 0 Å². The van der Waals surface area contributed by atoms with E-state index in [0.717, 1.165) is 6.54 Å². The van der Waals surface area contributed by atoms with Crippen LogP contribution in [0.2, 0.25) is 0 Å². The molecule has 0 bridgehead atoms. The number of likely N-dealkylation sites (N-methyl/N-ethyl adjacent to an activating group) is 1. The first-order chi connectivity index (χ1) is 7.57. The third-order valence-corrected chi connectivity index (χ3v) is 4.16. The molecule has 1 heterocycles. The van der Waals surface area contributed by atoms with Crippen LogP contribution in [0, 0.1) is 0 Å². The first-order valence-corrected chi connectivity index (χ1v) is 6.76. The molecule has 3 nitrogen and oxygen atoms in total. The van der Waals surface area contributed by atoms with Crippen LogP contribution in [0.15, 0.2) is 0 Å². The van der Waals surface area contributed by atoms with Crippen LogP contribution in [0.25, 0.3) is 0 Å². The van der Waals surface area contributed by atoms with Gasteiger partial charge in [-0.25, -0.2) is 0 Å². The lowest BCUT2D eigenvalue weighted by atomic mass is 9.92. The maximum Gasteiger partial charge on any atom is 0.0304 e. The maximum absolute atomic E-state index is 5.98. The van der Waals surface area contributed by atoms with Crippen molar-refractivity contribution >= 4 is 0 Å². The van der Waals surface area contributed by atoms with E-state index in [1.165, 1.54) is 39.0 Å². The van der Waals surface area contributed by atoms with Gasteiger partial charge in [0.1, 0.15) is 0 Å². The number of hydrogen-bond acceptors (Lipinski definition) is 3. The molecule has 96 valence electrons. The van der Waals surface area contributed by atoms with E-state index in [0.29, 0.717) is 6.04 Å². The normalized spacial score (nSPS) is 27.9. The summed E-state index contributed by atoms with van der Waals surface area (Å²) in [4.78, 5) is 5.16. The minimum Gasteiger partial charge on any atom is -0.329 e. The number of nitrogens with two attached hydrogens (primary N) is 1. The van der Waals surface area contributed by atoms with Crippen molar-refractivity contribution in [1.82, 2.24) is 9.80 Å². The summed E-state index contributed by atoms with van der Waals surface area (Å²) in [5.41, 5.74) is 6.19. The smallest absolute Gasteiger partial charge is 0.0304 e. The zero-order valence-corrected chi connectivity index (χ0v) is 11.5. The van der Waals surface area contributed by atoms with E-state index in [2.05, 4.69) is 37.5 Å². The third-order valence-electron chi connectivity index (χ3n) is 4.16. The highest BCUT2D eigenvalue weighted by molar-refractivity contribution is 4.92. The quantitative estimate of drug-likeness (QED) is 0.773. The van der Waals surface area contributed by atoms with Crippen LogP contribution in [0.5, 0.6) is 0 Å². The Morgan fingerprint density at radius 2 is 2.00 bits per heavy atom. The lowest BCUT2D eigenvalue weighted by Crippen LogP contribution is -2.61. The summed E-state index contributed by atoms with van der Waals surface area (Å²) < 4.78 is 0. The highest BCUT2D eigenvalue weighted by Crippen LogP contribution is 2.23. The SMILES string of the molecule is CCCC(C)(CN)N1CCN(CC)C(C)C1. The van der Waals surface area contributed by atoms with E-state index < -0.39 is 0 Å². The number of piperazine rings is 1. The topological polar surface area (TPSA) is 32.5 Å². The second-order valence-electron chi connectivity index (χ2n) is 5.37. The molecule has 0 aromatic carbocycles. The minimum atomic E-state index is 0.211. The fourth-order valence-electron chi connectivity index (χ4n) is 2.88. The molecule has 1 aliphatic rings. The molecule has 2 N–H and O–H groups in total. The molecule has 0 radical (unpaired) electrons. The summed E-state index contributed by atoms with van der Waals surface area (Å²) in [6.45, 7) is 14.6. The van der Waals surface area contributed by atoms with Crippen LogP contribution in [-0.4, -0.2) is 54.1 Å². The van der Waals surface area contributed by atoms with Gasteiger partial charge in [0.05, 0.1) is 0 Å². The van der Waals surface area contributed by atoms with E-state index in [1.807, 2.05) is 0 Å². The zero-order valence-electron chi connectivity index (χ0n) is 11.5. The lowest BCUT2D eigenvalue weighted by molar-refractivity contribution is 0.0141. The lowest BCUT2D eigenvalue weighted by Gasteiger charge is -2.48. The zero-order chi connectivity index (χ0) is 12.2. The Hall–Kier alpha value is -0.120. The highest BCUT2D eigenvalue weighted by Gasteiger charge is 2.34. The Labute approximate surface area is 101 Å². The molecule has 0 amide bonds. The van der Waals surface area contributed by atoms with Crippen LogP contribution in [0.1, 0.15) is 40.5 Å². The van der Waals surface area contributed by atoms with Crippen LogP contribution < -0.4 is 5.73 Å². The van der Waals surface area contributed by atoms with Crippen molar-refractivity contribution in [3.05, 3.63) is 0 Å². The summed E-state index contributed by atoms with van der Waals surface area (Å²) in [6, 6.07) is 0.668. The van der Waals surface area contributed by atoms with Crippen molar-refractivity contribution in [3.8, 4) is 0 Å². The van der Waals surface area contributed by atoms with Gasteiger partial charge in [-0.15, -0.1) is 0 Å². The fraction of sp³-hybridized carbons (Fsp3) is 1.00. The number of nitrogens with zero attached hydrogens (tertiary/aromatic N) is 2. The van der Waals surface area contributed by atoms with Crippen molar-refractivity contribution in [2.45, 2.75) is 52.1 Å². The van der Waals surface area contributed by atoms with E-state index in [9.17, 15) is 0 Å². The van der Waals surface area contributed by atoms with Crippen molar-refractivity contribution in [2.24, 2.45) is 5.73 Å². The van der Waals surface area contributed by atoms with Gasteiger partial charge in [-0.2, -0.15) is 0 Å². The Balaban J connectivity index is 2.61. The van der Waals surface area contributed by atoms with Gasteiger partial charge in [0, 0.05) is 37.8 Å². The molecule has 1 aliphatic heterocycles. The fourth-order valence-corrected chi connectivity index (χ4v) is 2.88. The Morgan fingerprint density at radius 3 is 2.44 bits per heavy atom. The first kappa shape index (κ1) is 13.9. The molecule has 0 aliphatic carbocycles. The Morgan fingerprint density at radius 1 is 1.31 bits per heavy atom. The van der Waals surface area contributed by atoms with Crippen molar-refractivity contribution < 1.29 is 0 Å². The molecule has 0 spiro atoms. The molecule has 0 aromatic heterocycles. The second-order valence-corrected chi connectivity index (χ2v) is 5.37. The van der Waals surface area contributed by atoms with Gasteiger partial charge in [0.15, 0.2) is 0 Å². The number of hydrogen-bond donors (Lipinski definition) is 1. The molecule has 3 heteroatoms. The standard InChI is InChI=1S/C13H29N3/c1-5-7-13(4,11-14)16-9-8-15(6-2)12(3)10-16/h12H,5-11,14H2,1-4H3. The highest BCUT2D eigenvalue weighted by atomic mass is 15.3. The van der Waals surface area contributed by atoms with Gasteiger partial charge in [0.25, 0.3) is 0 Å². The monoisotopic (exact) mass is 227 g/mol. The summed E-state index contributed by atoms with van der Waals surface area (Å²) >= 11 is 0. The summed E-state index contributed by atoms with van der Waals surface area (Å²) in [5.74, 6) is 0. The van der Waals surface area contributed by atoms with Gasteiger partial charge in [-0.3, -0.25) is 9.80 Å². The van der Waals surface area contributed by atoms with E-state index in [-0.39, 0.29) is 5.54 Å². The molecule has 0 saturated carbocycles. The van der Waals surface area contributed by atoms with Gasteiger partial charge in [0.2, 0.25) is 0 Å². The molecule has 1 rings (SSSR count). The van der Waals surface area contributed by atoms with Gasteiger partial charge >= 0.3 is 0 Å². The maximum atomic E-state index is 5.98. The molecule has 2 unspecified atom stereocenters. The Bertz CT molecular complexity index is 207. The molecule has 1 saturated heterocycles. The summed E-state index contributed by atoms with van der Waals surface area (Å²) in [5, 5.41) is 0. The molecule has 0 aromatic rings. The minimum absolute atomic E-state index is 0.211. The van der Waals surface area contributed by atoms with E-state index in [1.54, 1.807) is 0 Å². The molecule has 2 atom stereocenters. The largest absolute Gasteiger partial charge is 0.329 e. The average molecular weight is 227 g/mol. The van der Waals surface area contributed by atoms with Gasteiger partial charge in [-0.1, -0.05) is 20.3 Å². The van der Waals surface area contributed by atoms with Crippen LogP contribution in [0.4, 0.5) is 0 Å². The van der Waals surface area contributed by atoms with Crippen molar-refractivity contribution in [1.29, 1.82) is 0 Å². The Kier molecular flexibility index (Phi) is 5.22. The predicted molar refractivity (Wildman–Crippen MR) is 70.6 cm³/mol. The van der Waals surface area contributed by atoms with Crippen molar-refractivity contribution in [2.75, 3.05) is 32.7 Å². The number of rotatable bonds is 5. The van der Waals surface area contributed by atoms with Gasteiger partial charge in [-0.05, 0) is 26.8 Å². The third kappa shape index (κ3) is 2.96. The van der Waals surface area contributed by atoms with Crippen molar-refractivity contribution in [3.63, 3.8) is 0 Å². The molecule has 1 fully saturated rings. The summed E-state index contributed by atoms with van der Waals surface area (Å²) in [6.07, 6.45) is 2.43. The van der Waals surface area contributed by atoms with E-state index in [4.69, 9.17) is 5.73 Å². The first-order valence-electron chi connectivity index (χ1n) is 6.76. The molecular weight excluding hydrogens is 198 g/mol. The predicted octanol–water partition coefficient (Wildman–Crippen LogP) is 1.53. The second kappa shape index (κ2) is 5.99. The molecular formula is C13H29N3. The van der Waals surface area contributed by atoms with E-state index >= 15 is 0 Å². The molecule has 16 heavy (non-hydrogen) atoms. The average Bonchev–Trinajstić information content (AvgIpc) is 2.29. The van der Waals surface area contributed by atoms with Crippen LogP contribution in [0.3, 0.4) is 0 Å². The summed E-state index contributed by atoms with van der Waals surface area (Å²) in [7, 11) is 0. The van der Waals surface area contributed by atoms with Gasteiger partial charge < -0.3 is 5.73 Å². The van der Waals surface area contributed by atoms with Crippen LogP contribution >= 0.6 is 0 Å².